The summed E-state index contributed by atoms with van der Waals surface area (Å²) in [5, 5.41) is 6.21. The van der Waals surface area contributed by atoms with Gasteiger partial charge >= 0.3 is 6.18 Å². The molecule has 1 aliphatic rings. The number of methoxy groups -OCH3 is 2. The lowest BCUT2D eigenvalue weighted by molar-refractivity contribution is -0.137. The summed E-state index contributed by atoms with van der Waals surface area (Å²) >= 11 is 0. The Morgan fingerprint density at radius 2 is 1.91 bits per heavy atom. The maximum absolute atomic E-state index is 13.0. The first-order valence-electron chi connectivity index (χ1n) is 10.9. The van der Waals surface area contributed by atoms with Crippen LogP contribution in [0.2, 0.25) is 0 Å². The number of alkyl halides is 3. The summed E-state index contributed by atoms with van der Waals surface area (Å²) in [4.78, 5) is 14.8. The second kappa shape index (κ2) is 10.9. The number of ether oxygens (including phenoxy) is 2. The van der Waals surface area contributed by atoms with Gasteiger partial charge in [0, 0.05) is 37.8 Å². The van der Waals surface area contributed by atoms with E-state index in [-0.39, 0.29) is 24.5 Å². The Morgan fingerprint density at radius 3 is 2.58 bits per heavy atom. The van der Waals surface area contributed by atoms with Crippen LogP contribution in [0.5, 0.6) is 11.5 Å². The highest BCUT2D eigenvalue weighted by Gasteiger charge is 2.37. The van der Waals surface area contributed by atoms with Gasteiger partial charge in [0.1, 0.15) is 0 Å². The van der Waals surface area contributed by atoms with Gasteiger partial charge in [0.05, 0.1) is 25.8 Å². The van der Waals surface area contributed by atoms with Crippen molar-refractivity contribution in [3.8, 4) is 11.5 Å². The predicted octanol–water partition coefficient (Wildman–Crippen LogP) is 3.59. The number of nitrogens with one attached hydrogen (secondary N) is 2. The first-order valence-corrected chi connectivity index (χ1v) is 10.9. The molecule has 1 heterocycles. The van der Waals surface area contributed by atoms with Gasteiger partial charge in [-0.1, -0.05) is 30.3 Å². The minimum atomic E-state index is -4.38. The number of nitrogens with zero attached hydrogens (tertiary/aromatic N) is 1. The van der Waals surface area contributed by atoms with Gasteiger partial charge < -0.3 is 20.1 Å². The zero-order chi connectivity index (χ0) is 24.0. The summed E-state index contributed by atoms with van der Waals surface area (Å²) in [5.74, 6) is 1.17. The van der Waals surface area contributed by atoms with E-state index in [1.54, 1.807) is 20.3 Å². The van der Waals surface area contributed by atoms with Crippen LogP contribution >= 0.6 is 0 Å². The monoisotopic (exact) mass is 465 g/mol. The fourth-order valence-electron chi connectivity index (χ4n) is 4.21. The molecule has 180 valence electrons. The Hall–Kier alpha value is -2.78. The Kier molecular flexibility index (Phi) is 8.20. The molecule has 0 bridgehead atoms. The predicted molar refractivity (Wildman–Crippen MR) is 119 cm³/mol. The average Bonchev–Trinajstić information content (AvgIpc) is 3.20. The maximum atomic E-state index is 13.0. The van der Waals surface area contributed by atoms with Crippen LogP contribution in [0.3, 0.4) is 0 Å². The number of hydrogen-bond donors (Lipinski definition) is 2. The van der Waals surface area contributed by atoms with Crippen molar-refractivity contribution in [1.29, 1.82) is 0 Å². The number of halogens is 3. The maximum Gasteiger partial charge on any atom is 0.416 e. The van der Waals surface area contributed by atoms with E-state index >= 15 is 0 Å². The molecular weight excluding hydrogens is 435 g/mol. The molecule has 0 spiro atoms. The Balaban J connectivity index is 1.73. The molecule has 2 atom stereocenters. The second-order valence-corrected chi connectivity index (χ2v) is 8.00. The number of carbonyl (C=O) groups excluding carboxylic acids is 1. The van der Waals surface area contributed by atoms with Crippen LogP contribution in [0.25, 0.3) is 0 Å². The fourth-order valence-corrected chi connectivity index (χ4v) is 4.21. The molecule has 3 rings (SSSR count). The van der Waals surface area contributed by atoms with E-state index in [2.05, 4.69) is 15.5 Å². The van der Waals surface area contributed by atoms with Gasteiger partial charge in [-0.25, -0.2) is 0 Å². The summed E-state index contributed by atoms with van der Waals surface area (Å²) < 4.78 is 49.9. The number of benzene rings is 2. The van der Waals surface area contributed by atoms with Crippen molar-refractivity contribution in [2.45, 2.75) is 44.7 Å². The molecule has 1 saturated heterocycles. The average molecular weight is 466 g/mol. The van der Waals surface area contributed by atoms with Crippen LogP contribution in [-0.4, -0.2) is 50.2 Å². The second-order valence-electron chi connectivity index (χ2n) is 8.00. The van der Waals surface area contributed by atoms with Gasteiger partial charge in [-0.2, -0.15) is 13.2 Å². The molecule has 0 aliphatic carbocycles. The van der Waals surface area contributed by atoms with Crippen LogP contribution in [0.4, 0.5) is 13.2 Å². The van der Waals surface area contributed by atoms with Crippen molar-refractivity contribution in [1.82, 2.24) is 15.5 Å². The molecule has 1 aliphatic heterocycles. The molecule has 0 aromatic heterocycles. The van der Waals surface area contributed by atoms with Gasteiger partial charge in [0.15, 0.2) is 11.5 Å². The fraction of sp³-hybridized carbons (Fsp3) is 0.458. The highest BCUT2D eigenvalue weighted by molar-refractivity contribution is 5.82. The summed E-state index contributed by atoms with van der Waals surface area (Å²) in [5.41, 5.74) is 0.775. The summed E-state index contributed by atoms with van der Waals surface area (Å²) in [6, 6.07) is 10.5. The van der Waals surface area contributed by atoms with E-state index in [1.807, 2.05) is 25.1 Å². The quantitative estimate of drug-likeness (QED) is 0.593. The molecule has 2 N–H and O–H groups in total. The molecule has 0 radical (unpaired) electrons. The zero-order valence-corrected chi connectivity index (χ0v) is 19.0. The molecule has 2 aromatic carbocycles. The van der Waals surface area contributed by atoms with Crippen molar-refractivity contribution in [2.24, 2.45) is 0 Å². The Labute approximate surface area is 192 Å². The van der Waals surface area contributed by atoms with Crippen LogP contribution in [0.15, 0.2) is 42.5 Å². The summed E-state index contributed by atoms with van der Waals surface area (Å²) in [6.45, 7) is 3.72. The van der Waals surface area contributed by atoms with Gasteiger partial charge in [0.25, 0.3) is 0 Å². The normalized spacial score (nSPS) is 18.8. The topological polar surface area (TPSA) is 62.8 Å². The van der Waals surface area contributed by atoms with E-state index in [1.165, 1.54) is 6.07 Å². The molecule has 2 aromatic rings. The van der Waals surface area contributed by atoms with Crippen LogP contribution in [0.1, 0.15) is 30.0 Å². The molecular formula is C24H30F3N3O3. The lowest BCUT2D eigenvalue weighted by atomic mass is 10.1. The highest BCUT2D eigenvalue weighted by atomic mass is 19.4. The standard InChI is InChI=1S/C24H30F3N3O3/c1-4-28-23(31)20-12-19(29-13-16-7-5-9-18(11-16)24(25,26)27)15-30(20)14-17-8-6-10-21(32-2)22(17)33-3/h5-11,19-20,29H,4,12-15H2,1-3H3,(H,28,31)/t19-,20+/m1/s1. The van der Waals surface area contributed by atoms with E-state index < -0.39 is 11.7 Å². The number of para-hydroxylation sites is 1. The minimum Gasteiger partial charge on any atom is -0.493 e. The third-order valence-electron chi connectivity index (χ3n) is 5.76. The summed E-state index contributed by atoms with van der Waals surface area (Å²) in [7, 11) is 3.15. The van der Waals surface area contributed by atoms with Crippen LogP contribution < -0.4 is 20.1 Å². The third kappa shape index (κ3) is 6.17. The molecule has 0 saturated carbocycles. The van der Waals surface area contributed by atoms with Crippen molar-refractivity contribution in [3.63, 3.8) is 0 Å². The Bertz CT molecular complexity index is 952. The van der Waals surface area contributed by atoms with Gasteiger partial charge in [-0.15, -0.1) is 0 Å². The van der Waals surface area contributed by atoms with Crippen molar-refractivity contribution >= 4 is 5.91 Å². The summed E-state index contributed by atoms with van der Waals surface area (Å²) in [6.07, 6.45) is -3.82. The highest BCUT2D eigenvalue weighted by Crippen LogP contribution is 2.33. The van der Waals surface area contributed by atoms with Gasteiger partial charge in [-0.3, -0.25) is 9.69 Å². The Morgan fingerprint density at radius 1 is 1.15 bits per heavy atom. The lowest BCUT2D eigenvalue weighted by Gasteiger charge is -2.24. The molecule has 1 fully saturated rings. The number of rotatable bonds is 9. The van der Waals surface area contributed by atoms with E-state index in [9.17, 15) is 18.0 Å². The van der Waals surface area contributed by atoms with Crippen LogP contribution in [0, 0.1) is 0 Å². The number of carbonyl (C=O) groups is 1. The zero-order valence-electron chi connectivity index (χ0n) is 19.0. The molecule has 9 heteroatoms. The van der Waals surface area contributed by atoms with E-state index in [0.717, 1.165) is 17.7 Å². The lowest BCUT2D eigenvalue weighted by Crippen LogP contribution is -2.42. The molecule has 33 heavy (non-hydrogen) atoms. The van der Waals surface area contributed by atoms with Gasteiger partial charge in [0.2, 0.25) is 5.91 Å². The molecule has 1 amide bonds. The number of amides is 1. The third-order valence-corrected chi connectivity index (χ3v) is 5.76. The van der Waals surface area contributed by atoms with E-state index in [0.29, 0.717) is 43.1 Å². The van der Waals surface area contributed by atoms with Crippen molar-refractivity contribution < 1.29 is 27.4 Å². The first kappa shape index (κ1) is 24.9. The molecule has 0 unspecified atom stereocenters. The smallest absolute Gasteiger partial charge is 0.416 e. The van der Waals surface area contributed by atoms with Gasteiger partial charge in [-0.05, 0) is 31.0 Å². The van der Waals surface area contributed by atoms with Crippen molar-refractivity contribution in [3.05, 3.63) is 59.2 Å². The van der Waals surface area contributed by atoms with Crippen molar-refractivity contribution in [2.75, 3.05) is 27.3 Å². The SMILES string of the molecule is CCNC(=O)[C@@H]1C[C@@H](NCc2cccc(C(F)(F)F)c2)CN1Cc1cccc(OC)c1OC. The van der Waals surface area contributed by atoms with E-state index in [4.69, 9.17) is 9.47 Å². The van der Waals surface area contributed by atoms with Crippen LogP contribution in [-0.2, 0) is 24.1 Å². The molecule has 6 nitrogen and oxygen atoms in total. The minimum absolute atomic E-state index is 0.0521. The number of likely N-dealkylation sites (N-methyl/N-ethyl adjacent to an activating group) is 1. The largest absolute Gasteiger partial charge is 0.493 e. The number of hydrogen-bond acceptors (Lipinski definition) is 5. The first-order chi connectivity index (χ1) is 15.8. The number of likely N-dealkylation sites (tertiary alicyclic amines) is 1.